The molecule has 0 unspecified atom stereocenters. The minimum absolute atomic E-state index is 0.242. The van der Waals surface area contributed by atoms with Crippen LogP contribution in [-0.4, -0.2) is 4.57 Å². The first-order valence-corrected chi connectivity index (χ1v) is 14.4. The molecule has 0 saturated heterocycles. The highest BCUT2D eigenvalue weighted by molar-refractivity contribution is 6.21. The van der Waals surface area contributed by atoms with Crippen molar-refractivity contribution < 1.29 is 0 Å². The van der Waals surface area contributed by atoms with E-state index in [1.165, 1.54) is 65.7 Å². The standard InChI is InChI=1S/C40H29N/c1-3-12-30(13-4-1)36(26-28-19-20-29-11-7-8-15-32(29)25-28)33-22-23-38-37(27-33)40-35-18-10-9-14-31(35)21-24-39(40)41(38)34-16-5-2-6-17-34/h1-25,27,36H,26H2/t36-/m0/s1. The number of para-hydroxylation sites is 1. The van der Waals surface area contributed by atoms with Gasteiger partial charge in [0.25, 0.3) is 0 Å². The van der Waals surface area contributed by atoms with E-state index in [4.69, 9.17) is 0 Å². The highest BCUT2D eigenvalue weighted by Gasteiger charge is 2.20. The zero-order chi connectivity index (χ0) is 27.2. The SMILES string of the molecule is c1ccc([C@H](Cc2ccc3ccccc3c2)c2ccc3c(c2)c2c4ccccc4ccc2n3-c2ccccc2)cc1. The number of fused-ring (bicyclic) bond motifs is 6. The zero-order valence-corrected chi connectivity index (χ0v) is 22.7. The van der Waals surface area contributed by atoms with Crippen LogP contribution in [-0.2, 0) is 6.42 Å². The van der Waals surface area contributed by atoms with Crippen LogP contribution in [0.3, 0.4) is 0 Å². The number of hydrogen-bond acceptors (Lipinski definition) is 0. The fraction of sp³-hybridized carbons (Fsp3) is 0.0500. The maximum Gasteiger partial charge on any atom is 0.0547 e. The Morgan fingerprint density at radius 1 is 0.439 bits per heavy atom. The summed E-state index contributed by atoms with van der Waals surface area (Å²) in [5, 5.41) is 7.78. The van der Waals surface area contributed by atoms with E-state index in [9.17, 15) is 0 Å². The van der Waals surface area contributed by atoms with Gasteiger partial charge in [-0.1, -0.05) is 127 Å². The fourth-order valence-electron chi connectivity index (χ4n) is 6.60. The topological polar surface area (TPSA) is 4.93 Å². The second-order valence-corrected chi connectivity index (χ2v) is 11.0. The Hall–Kier alpha value is -5.14. The summed E-state index contributed by atoms with van der Waals surface area (Å²) in [4.78, 5) is 0. The van der Waals surface area contributed by atoms with Gasteiger partial charge in [-0.25, -0.2) is 0 Å². The van der Waals surface area contributed by atoms with E-state index >= 15 is 0 Å². The molecule has 0 saturated carbocycles. The van der Waals surface area contributed by atoms with Crippen LogP contribution in [0.4, 0.5) is 0 Å². The first-order valence-electron chi connectivity index (χ1n) is 14.4. The lowest BCUT2D eigenvalue weighted by molar-refractivity contribution is 0.807. The minimum Gasteiger partial charge on any atom is -0.309 e. The Morgan fingerprint density at radius 2 is 1.10 bits per heavy atom. The molecule has 0 fully saturated rings. The highest BCUT2D eigenvalue weighted by atomic mass is 15.0. The number of hydrogen-bond donors (Lipinski definition) is 0. The fourth-order valence-corrected chi connectivity index (χ4v) is 6.60. The third kappa shape index (κ3) is 4.10. The summed E-state index contributed by atoms with van der Waals surface area (Å²) in [5.74, 6) is 0.242. The number of nitrogens with zero attached hydrogens (tertiary/aromatic N) is 1. The predicted molar refractivity (Wildman–Crippen MR) is 174 cm³/mol. The molecule has 0 bridgehead atoms. The maximum absolute atomic E-state index is 2.46. The van der Waals surface area contributed by atoms with Gasteiger partial charge in [0.2, 0.25) is 0 Å². The number of benzene rings is 7. The smallest absolute Gasteiger partial charge is 0.0547 e. The summed E-state index contributed by atoms with van der Waals surface area (Å²) < 4.78 is 2.42. The van der Waals surface area contributed by atoms with Gasteiger partial charge in [0.15, 0.2) is 0 Å². The van der Waals surface area contributed by atoms with Crippen LogP contribution in [0.15, 0.2) is 158 Å². The van der Waals surface area contributed by atoms with E-state index < -0.39 is 0 Å². The minimum atomic E-state index is 0.242. The molecular weight excluding hydrogens is 494 g/mol. The summed E-state index contributed by atoms with van der Waals surface area (Å²) in [6.07, 6.45) is 0.943. The van der Waals surface area contributed by atoms with Gasteiger partial charge in [-0.3, -0.25) is 0 Å². The third-order valence-electron chi connectivity index (χ3n) is 8.55. The van der Waals surface area contributed by atoms with Crippen LogP contribution in [0.5, 0.6) is 0 Å². The van der Waals surface area contributed by atoms with Gasteiger partial charge in [0.05, 0.1) is 11.0 Å². The van der Waals surface area contributed by atoms with Crippen molar-refractivity contribution in [2.45, 2.75) is 12.3 Å². The molecule has 1 heterocycles. The first-order chi connectivity index (χ1) is 20.3. The van der Waals surface area contributed by atoms with Gasteiger partial charge in [-0.15, -0.1) is 0 Å². The average Bonchev–Trinajstić information content (AvgIpc) is 3.38. The molecule has 41 heavy (non-hydrogen) atoms. The molecule has 8 aromatic rings. The third-order valence-corrected chi connectivity index (χ3v) is 8.55. The largest absolute Gasteiger partial charge is 0.309 e. The monoisotopic (exact) mass is 523 g/mol. The summed E-state index contributed by atoms with van der Waals surface area (Å²) in [6, 6.07) is 57.7. The Bertz CT molecular complexity index is 2170. The van der Waals surface area contributed by atoms with Crippen LogP contribution in [0.2, 0.25) is 0 Å². The van der Waals surface area contributed by atoms with E-state index in [1.54, 1.807) is 0 Å². The summed E-state index contributed by atoms with van der Waals surface area (Å²) >= 11 is 0. The molecule has 7 aromatic carbocycles. The summed E-state index contributed by atoms with van der Waals surface area (Å²) in [5.41, 5.74) is 7.71. The normalized spacial score (nSPS) is 12.4. The molecule has 0 radical (unpaired) electrons. The van der Waals surface area contributed by atoms with Crippen molar-refractivity contribution in [2.24, 2.45) is 0 Å². The van der Waals surface area contributed by atoms with Crippen molar-refractivity contribution in [1.29, 1.82) is 0 Å². The molecule has 1 nitrogen and oxygen atoms in total. The second kappa shape index (κ2) is 9.80. The summed E-state index contributed by atoms with van der Waals surface area (Å²) in [7, 11) is 0. The van der Waals surface area contributed by atoms with Crippen LogP contribution in [0, 0.1) is 0 Å². The molecule has 0 aliphatic heterocycles. The van der Waals surface area contributed by atoms with E-state index in [0.29, 0.717) is 0 Å². The van der Waals surface area contributed by atoms with Gasteiger partial charge >= 0.3 is 0 Å². The lowest BCUT2D eigenvalue weighted by Gasteiger charge is -2.19. The predicted octanol–water partition coefficient (Wildman–Crippen LogP) is 10.5. The van der Waals surface area contributed by atoms with Gasteiger partial charge in [0.1, 0.15) is 0 Å². The molecule has 0 N–H and O–H groups in total. The van der Waals surface area contributed by atoms with E-state index in [2.05, 4.69) is 162 Å². The molecule has 1 aromatic heterocycles. The van der Waals surface area contributed by atoms with Crippen molar-refractivity contribution in [3.63, 3.8) is 0 Å². The highest BCUT2D eigenvalue weighted by Crippen LogP contribution is 2.39. The Balaban J connectivity index is 1.37. The van der Waals surface area contributed by atoms with Gasteiger partial charge < -0.3 is 4.57 Å². The van der Waals surface area contributed by atoms with Crippen LogP contribution in [0.1, 0.15) is 22.6 Å². The van der Waals surface area contributed by atoms with Gasteiger partial charge in [0, 0.05) is 22.4 Å². The first kappa shape index (κ1) is 23.7. The van der Waals surface area contributed by atoms with E-state index in [-0.39, 0.29) is 5.92 Å². The van der Waals surface area contributed by atoms with Crippen LogP contribution < -0.4 is 0 Å². The van der Waals surface area contributed by atoms with Crippen molar-refractivity contribution in [3.8, 4) is 5.69 Å². The quantitative estimate of drug-likeness (QED) is 0.211. The van der Waals surface area contributed by atoms with Gasteiger partial charge in [-0.05, 0) is 75.0 Å². The number of aromatic nitrogens is 1. The van der Waals surface area contributed by atoms with E-state index in [0.717, 1.165) is 6.42 Å². The van der Waals surface area contributed by atoms with Crippen molar-refractivity contribution in [3.05, 3.63) is 174 Å². The van der Waals surface area contributed by atoms with Gasteiger partial charge in [-0.2, -0.15) is 0 Å². The van der Waals surface area contributed by atoms with Crippen LogP contribution >= 0.6 is 0 Å². The Kier molecular flexibility index (Phi) is 5.67. The molecule has 194 valence electrons. The Morgan fingerprint density at radius 3 is 1.93 bits per heavy atom. The molecule has 1 atom stereocenters. The van der Waals surface area contributed by atoms with E-state index in [1.807, 2.05) is 0 Å². The molecule has 1 heteroatoms. The van der Waals surface area contributed by atoms with Crippen molar-refractivity contribution in [2.75, 3.05) is 0 Å². The lowest BCUT2D eigenvalue weighted by atomic mass is 9.85. The Labute approximate surface area is 239 Å². The summed E-state index contributed by atoms with van der Waals surface area (Å²) in [6.45, 7) is 0. The number of rotatable bonds is 5. The van der Waals surface area contributed by atoms with Crippen LogP contribution in [0.25, 0.3) is 49.0 Å². The maximum atomic E-state index is 2.46. The van der Waals surface area contributed by atoms with Crippen molar-refractivity contribution >= 4 is 43.4 Å². The molecule has 0 aliphatic rings. The molecule has 8 rings (SSSR count). The average molecular weight is 524 g/mol. The van der Waals surface area contributed by atoms with Crippen molar-refractivity contribution in [1.82, 2.24) is 4.57 Å². The lowest BCUT2D eigenvalue weighted by Crippen LogP contribution is -2.05. The molecular formula is C40H29N. The second-order valence-electron chi connectivity index (χ2n) is 11.0. The zero-order valence-electron chi connectivity index (χ0n) is 22.7. The molecule has 0 aliphatic carbocycles. The molecule has 0 amide bonds. The molecule has 0 spiro atoms.